The number of H-pyrrole nitrogens is 1. The Bertz CT molecular complexity index is 1180. The Labute approximate surface area is 173 Å². The summed E-state index contributed by atoms with van der Waals surface area (Å²) in [5.41, 5.74) is 5.17. The molecule has 0 amide bonds. The zero-order chi connectivity index (χ0) is 20.4. The molecule has 5 nitrogen and oxygen atoms in total. The van der Waals surface area contributed by atoms with Gasteiger partial charge in [0, 0.05) is 26.9 Å². The third-order valence-electron chi connectivity index (χ3n) is 4.91. The number of nitrogens with zero attached hydrogens (tertiary/aromatic N) is 1. The van der Waals surface area contributed by atoms with Crippen molar-refractivity contribution in [1.82, 2.24) is 9.97 Å². The van der Waals surface area contributed by atoms with Gasteiger partial charge in [-0.15, -0.1) is 0 Å². The van der Waals surface area contributed by atoms with Crippen LogP contribution in [0.15, 0.2) is 48.7 Å². The van der Waals surface area contributed by atoms with Crippen molar-refractivity contribution >= 4 is 39.6 Å². The fourth-order valence-electron chi connectivity index (χ4n) is 3.67. The molecule has 0 aliphatic rings. The van der Waals surface area contributed by atoms with Gasteiger partial charge in [-0.25, -0.2) is 9.78 Å². The number of aromatic nitrogens is 2. The van der Waals surface area contributed by atoms with E-state index in [1.807, 2.05) is 43.3 Å². The maximum atomic E-state index is 11.9. The number of carbonyl (C=O) groups is 1. The van der Waals surface area contributed by atoms with Gasteiger partial charge in [0.2, 0.25) is 5.88 Å². The number of carbonyl (C=O) groups excluding carboxylic acids is 1. The van der Waals surface area contributed by atoms with Crippen LogP contribution in [0.1, 0.15) is 30.5 Å². The average Bonchev–Trinajstić information content (AvgIpc) is 3.09. The molecule has 0 atom stereocenters. The number of hydrogen-bond acceptors (Lipinski definition) is 4. The summed E-state index contributed by atoms with van der Waals surface area (Å²) in [5, 5.41) is 2.87. The molecule has 2 aromatic carbocycles. The fourth-order valence-corrected chi connectivity index (χ4v) is 3.80. The maximum absolute atomic E-state index is 11.9. The summed E-state index contributed by atoms with van der Waals surface area (Å²) in [6, 6.07) is 14.1. The number of rotatable bonds is 5. The first-order valence-electron chi connectivity index (χ1n) is 9.60. The van der Waals surface area contributed by atoms with Crippen LogP contribution in [-0.2, 0) is 17.6 Å². The molecule has 0 radical (unpaired) electrons. The van der Waals surface area contributed by atoms with Crippen molar-refractivity contribution in [2.45, 2.75) is 26.7 Å². The molecule has 148 valence electrons. The Balaban J connectivity index is 1.87. The standard InChI is InChI=1S/C23H21ClN2O3/c1-3-17-21-19(13-25-22(17)29-23(27)28-4-2)26-18-7-5-6-15(20(18)21)12-14-8-10-16(24)11-9-14/h5-11,13,26H,3-4,12H2,1-2H3. The van der Waals surface area contributed by atoms with Gasteiger partial charge in [-0.05, 0) is 49.1 Å². The molecule has 0 spiro atoms. The van der Waals surface area contributed by atoms with Crippen LogP contribution in [0, 0.1) is 0 Å². The molecule has 0 aliphatic carbocycles. The fraction of sp³-hybridized carbons (Fsp3) is 0.217. The monoisotopic (exact) mass is 408 g/mol. The zero-order valence-electron chi connectivity index (χ0n) is 16.3. The number of aryl methyl sites for hydroxylation is 1. The maximum Gasteiger partial charge on any atom is 0.515 e. The molecule has 0 saturated heterocycles. The number of halogens is 1. The van der Waals surface area contributed by atoms with E-state index in [0.717, 1.165) is 38.8 Å². The van der Waals surface area contributed by atoms with E-state index >= 15 is 0 Å². The molecule has 2 heterocycles. The van der Waals surface area contributed by atoms with Crippen molar-refractivity contribution < 1.29 is 14.3 Å². The molecule has 0 aliphatic heterocycles. The minimum atomic E-state index is -0.740. The van der Waals surface area contributed by atoms with Crippen LogP contribution in [0.25, 0.3) is 21.8 Å². The third-order valence-corrected chi connectivity index (χ3v) is 5.17. The predicted molar refractivity (Wildman–Crippen MR) is 115 cm³/mol. The molecule has 4 rings (SSSR count). The zero-order valence-corrected chi connectivity index (χ0v) is 17.0. The van der Waals surface area contributed by atoms with Gasteiger partial charge >= 0.3 is 6.16 Å². The lowest BCUT2D eigenvalue weighted by Gasteiger charge is -2.10. The van der Waals surface area contributed by atoms with E-state index in [2.05, 4.69) is 16.0 Å². The second-order valence-corrected chi connectivity index (χ2v) is 7.17. The Kier molecular flexibility index (Phi) is 5.41. The van der Waals surface area contributed by atoms with Gasteiger partial charge in [0.25, 0.3) is 0 Å². The average molecular weight is 409 g/mol. The molecule has 0 saturated carbocycles. The highest BCUT2D eigenvalue weighted by atomic mass is 35.5. The SMILES string of the molecule is CCOC(=O)Oc1ncc2[nH]c3cccc(Cc4ccc(Cl)cc4)c3c2c1CC. The van der Waals surface area contributed by atoms with Gasteiger partial charge in [-0.3, -0.25) is 0 Å². The molecule has 29 heavy (non-hydrogen) atoms. The highest BCUT2D eigenvalue weighted by Gasteiger charge is 2.19. The highest BCUT2D eigenvalue weighted by Crippen LogP contribution is 2.35. The second kappa shape index (κ2) is 8.13. The van der Waals surface area contributed by atoms with E-state index < -0.39 is 6.16 Å². The summed E-state index contributed by atoms with van der Waals surface area (Å²) >= 11 is 6.03. The van der Waals surface area contributed by atoms with E-state index in [1.54, 1.807) is 13.1 Å². The van der Waals surface area contributed by atoms with Gasteiger partial charge < -0.3 is 14.5 Å². The highest BCUT2D eigenvalue weighted by molar-refractivity contribution is 6.30. The van der Waals surface area contributed by atoms with Crippen molar-refractivity contribution in [3.8, 4) is 5.88 Å². The third kappa shape index (κ3) is 3.78. The van der Waals surface area contributed by atoms with Crippen molar-refractivity contribution in [3.63, 3.8) is 0 Å². The summed E-state index contributed by atoms with van der Waals surface area (Å²) < 4.78 is 10.3. The van der Waals surface area contributed by atoms with Crippen LogP contribution < -0.4 is 4.74 Å². The van der Waals surface area contributed by atoms with E-state index in [4.69, 9.17) is 21.1 Å². The van der Waals surface area contributed by atoms with Crippen LogP contribution >= 0.6 is 11.6 Å². The van der Waals surface area contributed by atoms with Gasteiger partial charge in [-0.1, -0.05) is 42.8 Å². The Morgan fingerprint density at radius 2 is 1.86 bits per heavy atom. The van der Waals surface area contributed by atoms with Crippen molar-refractivity contribution in [1.29, 1.82) is 0 Å². The first-order chi connectivity index (χ1) is 14.1. The van der Waals surface area contributed by atoms with E-state index in [1.165, 1.54) is 11.1 Å². The van der Waals surface area contributed by atoms with Gasteiger partial charge in [0.05, 0.1) is 18.3 Å². The quantitative estimate of drug-likeness (QED) is 0.408. The Hall–Kier alpha value is -3.05. The topological polar surface area (TPSA) is 64.2 Å². The summed E-state index contributed by atoms with van der Waals surface area (Å²) in [6.45, 7) is 4.01. The first-order valence-corrected chi connectivity index (χ1v) is 9.98. The largest absolute Gasteiger partial charge is 0.515 e. The lowest BCUT2D eigenvalue weighted by molar-refractivity contribution is 0.102. The van der Waals surface area contributed by atoms with Gasteiger partial charge in [0.1, 0.15) is 0 Å². The summed E-state index contributed by atoms with van der Waals surface area (Å²) in [5.74, 6) is 0.292. The van der Waals surface area contributed by atoms with Crippen LogP contribution in [-0.4, -0.2) is 22.7 Å². The van der Waals surface area contributed by atoms with Crippen LogP contribution in [0.4, 0.5) is 4.79 Å². The van der Waals surface area contributed by atoms with Gasteiger partial charge in [-0.2, -0.15) is 0 Å². The molecule has 1 N–H and O–H groups in total. The smallest absolute Gasteiger partial charge is 0.434 e. The number of pyridine rings is 1. The predicted octanol–water partition coefficient (Wildman–Crippen LogP) is 6.06. The first kappa shape index (κ1) is 19.3. The van der Waals surface area contributed by atoms with Crippen molar-refractivity contribution in [2.75, 3.05) is 6.61 Å². The van der Waals surface area contributed by atoms with Crippen LogP contribution in [0.2, 0.25) is 5.02 Å². The number of ether oxygens (including phenoxy) is 2. The molecule has 2 aromatic heterocycles. The summed E-state index contributed by atoms with van der Waals surface area (Å²) in [6.07, 6.45) is 2.40. The lowest BCUT2D eigenvalue weighted by atomic mass is 9.97. The molecule has 6 heteroatoms. The van der Waals surface area contributed by atoms with Crippen LogP contribution in [0.3, 0.4) is 0 Å². The molecule has 0 unspecified atom stereocenters. The van der Waals surface area contributed by atoms with Crippen LogP contribution in [0.5, 0.6) is 5.88 Å². The second-order valence-electron chi connectivity index (χ2n) is 6.74. The Morgan fingerprint density at radius 3 is 2.59 bits per heavy atom. The van der Waals surface area contributed by atoms with E-state index in [9.17, 15) is 4.79 Å². The van der Waals surface area contributed by atoms with E-state index in [0.29, 0.717) is 12.3 Å². The number of aromatic amines is 1. The molecular formula is C23H21ClN2O3. The lowest BCUT2D eigenvalue weighted by Crippen LogP contribution is -2.12. The number of benzene rings is 2. The van der Waals surface area contributed by atoms with Crippen molar-refractivity contribution in [2.24, 2.45) is 0 Å². The Morgan fingerprint density at radius 1 is 1.07 bits per heavy atom. The van der Waals surface area contributed by atoms with E-state index in [-0.39, 0.29) is 6.61 Å². The van der Waals surface area contributed by atoms with Gasteiger partial charge in [0.15, 0.2) is 0 Å². The summed E-state index contributed by atoms with van der Waals surface area (Å²) in [4.78, 5) is 19.6. The number of hydrogen-bond donors (Lipinski definition) is 1. The number of fused-ring (bicyclic) bond motifs is 3. The minimum Gasteiger partial charge on any atom is -0.434 e. The van der Waals surface area contributed by atoms with Crippen molar-refractivity contribution in [3.05, 3.63) is 70.4 Å². The number of nitrogens with one attached hydrogen (secondary N) is 1. The minimum absolute atomic E-state index is 0.251. The molecular weight excluding hydrogens is 388 g/mol. The molecule has 4 aromatic rings. The summed E-state index contributed by atoms with van der Waals surface area (Å²) in [7, 11) is 0. The normalized spacial score (nSPS) is 11.1. The molecule has 0 fully saturated rings. The molecule has 0 bridgehead atoms.